The molecule has 0 saturated carbocycles. The lowest BCUT2D eigenvalue weighted by molar-refractivity contribution is 0.382. The van der Waals surface area contributed by atoms with Gasteiger partial charge in [-0.15, -0.1) is 0 Å². The maximum absolute atomic E-state index is 6.72. The van der Waals surface area contributed by atoms with E-state index in [1.165, 1.54) is 74.5 Å². The fourth-order valence-electron chi connectivity index (χ4n) is 5.83. The number of rotatable bonds is 24. The lowest BCUT2D eigenvalue weighted by Gasteiger charge is -2.22. The highest BCUT2D eigenvalue weighted by molar-refractivity contribution is 7.43. The van der Waals surface area contributed by atoms with E-state index in [0.29, 0.717) is 0 Å². The monoisotopic (exact) mass is 646 g/mol. The van der Waals surface area contributed by atoms with E-state index in [-0.39, 0.29) is 0 Å². The van der Waals surface area contributed by atoms with Gasteiger partial charge in [-0.05, 0) is 91.2 Å². The van der Waals surface area contributed by atoms with Gasteiger partial charge in [-0.2, -0.15) is 0 Å². The topological polar surface area (TPSA) is 27.7 Å². The summed E-state index contributed by atoms with van der Waals surface area (Å²) in [6.45, 7) is 13.8. The number of aryl methyl sites for hydroxylation is 3. The van der Waals surface area contributed by atoms with Crippen molar-refractivity contribution in [3.63, 3.8) is 0 Å². The zero-order chi connectivity index (χ0) is 33.0. The predicted molar refractivity (Wildman–Crippen MR) is 199 cm³/mol. The third kappa shape index (κ3) is 15.4. The van der Waals surface area contributed by atoms with Gasteiger partial charge in [0.15, 0.2) is 0 Å². The van der Waals surface area contributed by atoms with Crippen LogP contribution >= 0.6 is 8.60 Å². The average molecular weight is 647 g/mol. The molecule has 0 aromatic heterocycles. The minimum atomic E-state index is -1.73. The van der Waals surface area contributed by atoms with Crippen molar-refractivity contribution in [3.05, 3.63) is 89.5 Å². The first kappa shape index (κ1) is 37.9. The first-order valence-electron chi connectivity index (χ1n) is 18.4. The van der Waals surface area contributed by atoms with E-state index in [1.807, 2.05) is 0 Å². The van der Waals surface area contributed by atoms with Crippen LogP contribution in [-0.4, -0.2) is 0 Å². The van der Waals surface area contributed by atoms with Crippen LogP contribution in [0.5, 0.6) is 17.2 Å². The van der Waals surface area contributed by atoms with Crippen LogP contribution in [-0.2, 0) is 19.3 Å². The highest BCUT2D eigenvalue weighted by atomic mass is 31.2. The summed E-state index contributed by atoms with van der Waals surface area (Å²) in [5.74, 6) is 4.90. The van der Waals surface area contributed by atoms with E-state index in [1.54, 1.807) is 0 Å². The van der Waals surface area contributed by atoms with Crippen LogP contribution in [0.4, 0.5) is 0 Å². The molecule has 3 nitrogen and oxygen atoms in total. The van der Waals surface area contributed by atoms with Crippen LogP contribution in [0.3, 0.4) is 0 Å². The maximum atomic E-state index is 6.72. The summed E-state index contributed by atoms with van der Waals surface area (Å²) in [5.41, 5.74) is 3.68. The van der Waals surface area contributed by atoms with Crippen LogP contribution < -0.4 is 13.6 Å². The largest absolute Gasteiger partial charge is 0.530 e. The summed E-state index contributed by atoms with van der Waals surface area (Å²) >= 11 is 0. The predicted octanol–water partition coefficient (Wildman–Crippen LogP) is 13.7. The molecule has 3 rings (SSSR count). The molecule has 0 aliphatic rings. The van der Waals surface area contributed by atoms with Crippen molar-refractivity contribution in [2.75, 3.05) is 0 Å². The smallest absolute Gasteiger partial charge is 0.408 e. The van der Waals surface area contributed by atoms with E-state index in [4.69, 9.17) is 13.6 Å². The van der Waals surface area contributed by atoms with Crippen LogP contribution in [0, 0.1) is 17.8 Å². The molecular formula is C42H63O3P. The molecule has 3 aromatic carbocycles. The van der Waals surface area contributed by atoms with Crippen molar-refractivity contribution >= 4 is 8.60 Å². The van der Waals surface area contributed by atoms with Gasteiger partial charge in [0.25, 0.3) is 0 Å². The third-order valence-electron chi connectivity index (χ3n) is 8.62. The molecule has 46 heavy (non-hydrogen) atoms. The summed E-state index contributed by atoms with van der Waals surface area (Å²) in [6, 6.07) is 25.3. The zero-order valence-electron chi connectivity index (χ0n) is 29.9. The molecule has 0 aliphatic carbocycles. The van der Waals surface area contributed by atoms with Crippen molar-refractivity contribution < 1.29 is 13.6 Å². The zero-order valence-corrected chi connectivity index (χ0v) is 30.8. The molecule has 0 atom stereocenters. The fourth-order valence-corrected chi connectivity index (χ4v) is 6.96. The Labute approximate surface area is 283 Å². The molecule has 3 aromatic rings. The normalized spacial score (nSPS) is 11.6. The Morgan fingerprint density at radius 2 is 0.674 bits per heavy atom. The van der Waals surface area contributed by atoms with Gasteiger partial charge in [0.1, 0.15) is 17.2 Å². The minimum Gasteiger partial charge on any atom is -0.408 e. The van der Waals surface area contributed by atoms with Crippen molar-refractivity contribution in [2.24, 2.45) is 17.8 Å². The number of hydrogen-bond acceptors (Lipinski definition) is 3. The van der Waals surface area contributed by atoms with Gasteiger partial charge in [-0.1, -0.05) is 154 Å². The molecule has 0 amide bonds. The van der Waals surface area contributed by atoms with Crippen LogP contribution in [0.2, 0.25) is 0 Å². The van der Waals surface area contributed by atoms with Crippen LogP contribution in [0.15, 0.2) is 72.8 Å². The summed E-state index contributed by atoms with van der Waals surface area (Å²) in [4.78, 5) is 0. The highest BCUT2D eigenvalue weighted by Gasteiger charge is 2.24. The molecule has 0 N–H and O–H groups in total. The Hall–Kier alpha value is -2.51. The lowest BCUT2D eigenvalue weighted by Crippen LogP contribution is -2.06. The van der Waals surface area contributed by atoms with E-state index >= 15 is 0 Å². The van der Waals surface area contributed by atoms with Crippen molar-refractivity contribution in [1.82, 2.24) is 0 Å². The van der Waals surface area contributed by atoms with E-state index < -0.39 is 8.60 Å². The van der Waals surface area contributed by atoms with Crippen molar-refractivity contribution in [3.8, 4) is 17.2 Å². The number of unbranched alkanes of at least 4 members (excludes halogenated alkanes) is 6. The van der Waals surface area contributed by atoms with E-state index in [0.717, 1.165) is 73.5 Å². The Morgan fingerprint density at radius 1 is 0.391 bits per heavy atom. The number of para-hydroxylation sites is 3. The molecule has 0 fully saturated rings. The quantitative estimate of drug-likeness (QED) is 0.0716. The van der Waals surface area contributed by atoms with Crippen molar-refractivity contribution in [2.45, 2.75) is 138 Å². The SMILES string of the molecule is CC(C)CCCCCc1ccccc1OP(Oc1ccccc1CCCCCC(C)C)Oc1ccccc1CCCCCC(C)C. The number of hydrogen-bond donors (Lipinski definition) is 0. The second-order valence-electron chi connectivity index (χ2n) is 14.3. The fraction of sp³-hybridized carbons (Fsp3) is 0.571. The lowest BCUT2D eigenvalue weighted by atomic mass is 10.0. The summed E-state index contributed by atoms with van der Waals surface area (Å²) < 4.78 is 20.2. The maximum Gasteiger partial charge on any atom is 0.530 e. The molecule has 4 heteroatoms. The molecular weight excluding hydrogens is 583 g/mol. The molecule has 0 radical (unpaired) electrons. The Morgan fingerprint density at radius 3 is 0.957 bits per heavy atom. The molecule has 254 valence electrons. The van der Waals surface area contributed by atoms with Gasteiger partial charge in [-0.3, -0.25) is 0 Å². The van der Waals surface area contributed by atoms with Gasteiger partial charge in [0.2, 0.25) is 0 Å². The van der Waals surface area contributed by atoms with Crippen LogP contribution in [0.1, 0.15) is 135 Å². The Bertz CT molecular complexity index is 1070. The Kier molecular flexibility index (Phi) is 18.3. The molecule has 0 heterocycles. The van der Waals surface area contributed by atoms with Gasteiger partial charge < -0.3 is 13.6 Å². The molecule has 0 aliphatic heterocycles. The van der Waals surface area contributed by atoms with Gasteiger partial charge in [0, 0.05) is 0 Å². The summed E-state index contributed by atoms with van der Waals surface area (Å²) in [6.07, 6.45) is 17.9. The standard InChI is InChI=1S/C42H63O3P/c1-34(2)22-10-7-13-25-37-28-16-19-31-40(37)43-46(44-41-32-20-17-29-38(41)26-14-8-11-23-35(3)4)45-42-33-21-18-30-39(42)27-15-9-12-24-36(5)6/h16-21,28-36H,7-15,22-27H2,1-6H3. The summed E-state index contributed by atoms with van der Waals surface area (Å²) in [7, 11) is -1.73. The molecule has 0 unspecified atom stereocenters. The molecule has 0 saturated heterocycles. The van der Waals surface area contributed by atoms with Gasteiger partial charge >= 0.3 is 8.60 Å². The molecule has 0 bridgehead atoms. The van der Waals surface area contributed by atoms with Gasteiger partial charge in [-0.25, -0.2) is 0 Å². The third-order valence-corrected chi connectivity index (χ3v) is 9.66. The van der Waals surface area contributed by atoms with Gasteiger partial charge in [0.05, 0.1) is 0 Å². The Balaban J connectivity index is 1.77. The van der Waals surface area contributed by atoms with E-state index in [9.17, 15) is 0 Å². The second-order valence-corrected chi connectivity index (χ2v) is 15.3. The second kappa shape index (κ2) is 22.1. The highest BCUT2D eigenvalue weighted by Crippen LogP contribution is 2.45. The first-order valence-corrected chi connectivity index (χ1v) is 19.5. The molecule has 0 spiro atoms. The first-order chi connectivity index (χ1) is 22.3. The number of benzene rings is 3. The summed E-state index contributed by atoms with van der Waals surface area (Å²) in [5, 5.41) is 0. The van der Waals surface area contributed by atoms with Crippen molar-refractivity contribution in [1.29, 1.82) is 0 Å². The van der Waals surface area contributed by atoms with E-state index in [2.05, 4.69) is 114 Å². The van der Waals surface area contributed by atoms with Crippen LogP contribution in [0.25, 0.3) is 0 Å². The minimum absolute atomic E-state index is 0.763. The average Bonchev–Trinajstić information content (AvgIpc) is 3.02.